The molecule has 2 aliphatic rings. The van der Waals surface area contributed by atoms with Gasteiger partial charge in [-0.05, 0) is 36.6 Å². The third-order valence-electron chi connectivity index (χ3n) is 5.46. The lowest BCUT2D eigenvalue weighted by molar-refractivity contribution is -0.140. The molecule has 7 heteroatoms. The molecule has 0 saturated carbocycles. The summed E-state index contributed by atoms with van der Waals surface area (Å²) in [4.78, 5) is 41.4. The summed E-state index contributed by atoms with van der Waals surface area (Å²) in [7, 11) is 0. The number of carbonyl (C=O) groups excluding carboxylic acids is 3. The third-order valence-corrected chi connectivity index (χ3v) is 5.46. The zero-order valence-corrected chi connectivity index (χ0v) is 15.8. The van der Waals surface area contributed by atoms with Gasteiger partial charge in [0.1, 0.15) is 17.8 Å². The molecule has 1 saturated heterocycles. The molecule has 7 nitrogen and oxygen atoms in total. The molecule has 2 aliphatic heterocycles. The summed E-state index contributed by atoms with van der Waals surface area (Å²) >= 11 is 0. The molecule has 146 valence electrons. The second-order valence-corrected chi connectivity index (χ2v) is 7.22. The molecule has 0 spiro atoms. The van der Waals surface area contributed by atoms with Crippen molar-refractivity contribution in [2.24, 2.45) is 0 Å². The molecule has 1 aromatic carbocycles. The Labute approximate surface area is 163 Å². The lowest BCUT2D eigenvalue weighted by atomic mass is 10.1. The van der Waals surface area contributed by atoms with Crippen molar-refractivity contribution in [3.05, 3.63) is 54.0 Å². The number of rotatable bonds is 4. The highest BCUT2D eigenvalue weighted by Gasteiger charge is 2.43. The summed E-state index contributed by atoms with van der Waals surface area (Å²) in [6, 6.07) is 10.0. The minimum atomic E-state index is -0.589. The average Bonchev–Trinajstić information content (AvgIpc) is 3.44. The maximum atomic E-state index is 13.3. The van der Waals surface area contributed by atoms with E-state index in [-0.39, 0.29) is 17.7 Å². The number of hydrogen-bond acceptors (Lipinski definition) is 4. The summed E-state index contributed by atoms with van der Waals surface area (Å²) in [5.41, 5.74) is 1.76. The van der Waals surface area contributed by atoms with E-state index in [4.69, 9.17) is 4.42 Å². The van der Waals surface area contributed by atoms with E-state index >= 15 is 0 Å². The van der Waals surface area contributed by atoms with Crippen LogP contribution in [0.25, 0.3) is 0 Å². The predicted octanol–water partition coefficient (Wildman–Crippen LogP) is 1.86. The van der Waals surface area contributed by atoms with Gasteiger partial charge in [-0.15, -0.1) is 0 Å². The van der Waals surface area contributed by atoms with Crippen LogP contribution in [-0.2, 0) is 27.3 Å². The van der Waals surface area contributed by atoms with Gasteiger partial charge in [-0.25, -0.2) is 0 Å². The van der Waals surface area contributed by atoms with E-state index in [1.807, 2.05) is 24.3 Å². The number of hydrogen-bond donors (Lipinski definition) is 1. The molecule has 3 heterocycles. The van der Waals surface area contributed by atoms with Crippen molar-refractivity contribution < 1.29 is 18.8 Å². The van der Waals surface area contributed by atoms with E-state index in [2.05, 4.69) is 5.32 Å². The second-order valence-electron chi connectivity index (χ2n) is 7.22. The van der Waals surface area contributed by atoms with Crippen LogP contribution in [0.1, 0.15) is 31.1 Å². The number of nitrogens with zero attached hydrogens (tertiary/aromatic N) is 2. The Morgan fingerprint density at radius 2 is 1.96 bits per heavy atom. The Balaban J connectivity index is 1.49. The molecule has 28 heavy (non-hydrogen) atoms. The van der Waals surface area contributed by atoms with E-state index in [9.17, 15) is 14.4 Å². The minimum Gasteiger partial charge on any atom is -0.467 e. The normalized spacial score (nSPS) is 20.9. The van der Waals surface area contributed by atoms with Gasteiger partial charge in [0, 0.05) is 25.6 Å². The fourth-order valence-electron chi connectivity index (χ4n) is 4.17. The highest BCUT2D eigenvalue weighted by Crippen LogP contribution is 2.34. The van der Waals surface area contributed by atoms with Crippen molar-refractivity contribution >= 4 is 23.4 Å². The maximum absolute atomic E-state index is 13.3. The van der Waals surface area contributed by atoms with Crippen molar-refractivity contribution in [3.8, 4) is 0 Å². The van der Waals surface area contributed by atoms with Crippen LogP contribution in [0.3, 0.4) is 0 Å². The Bertz CT molecular complexity index is 893. The molecule has 4 rings (SSSR count). The van der Waals surface area contributed by atoms with Crippen LogP contribution < -0.4 is 10.2 Å². The molecular weight excluding hydrogens is 358 g/mol. The van der Waals surface area contributed by atoms with Gasteiger partial charge in [0.15, 0.2) is 0 Å². The fraction of sp³-hybridized carbons (Fsp3) is 0.381. The number of benzene rings is 1. The quantitative estimate of drug-likeness (QED) is 0.876. The van der Waals surface area contributed by atoms with Gasteiger partial charge in [0.05, 0.1) is 12.8 Å². The van der Waals surface area contributed by atoms with Crippen molar-refractivity contribution in [2.75, 3.05) is 11.4 Å². The van der Waals surface area contributed by atoms with Crippen LogP contribution >= 0.6 is 0 Å². The molecule has 0 aliphatic carbocycles. The van der Waals surface area contributed by atoms with E-state index in [0.717, 1.165) is 17.7 Å². The molecule has 0 radical (unpaired) electrons. The lowest BCUT2D eigenvalue weighted by Crippen LogP contribution is -2.53. The van der Waals surface area contributed by atoms with Gasteiger partial charge in [0.25, 0.3) is 0 Å². The monoisotopic (exact) mass is 381 g/mol. The van der Waals surface area contributed by atoms with Crippen LogP contribution in [0.2, 0.25) is 0 Å². The van der Waals surface area contributed by atoms with E-state index in [0.29, 0.717) is 31.7 Å². The number of furan rings is 1. The highest BCUT2D eigenvalue weighted by atomic mass is 16.3. The number of nitrogens with one attached hydrogen (secondary N) is 1. The topological polar surface area (TPSA) is 82.9 Å². The summed E-state index contributed by atoms with van der Waals surface area (Å²) in [6.45, 7) is 2.29. The summed E-state index contributed by atoms with van der Waals surface area (Å²) < 4.78 is 5.24. The Morgan fingerprint density at radius 1 is 1.14 bits per heavy atom. The lowest BCUT2D eigenvalue weighted by Gasteiger charge is -2.30. The summed E-state index contributed by atoms with van der Waals surface area (Å²) in [5, 5.41) is 2.85. The van der Waals surface area contributed by atoms with Crippen molar-refractivity contribution in [3.63, 3.8) is 0 Å². The van der Waals surface area contributed by atoms with E-state index < -0.39 is 12.1 Å². The summed E-state index contributed by atoms with van der Waals surface area (Å²) in [5.74, 6) is 0.147. The molecule has 2 atom stereocenters. The highest BCUT2D eigenvalue weighted by molar-refractivity contribution is 6.03. The molecular formula is C21H23N3O4. The first-order chi connectivity index (χ1) is 13.6. The SMILES string of the molecule is CC(=O)N1c2ccccc2C[C@H]1C(=O)N1CCCC1C(=O)NCc1ccco1. The molecule has 2 aromatic rings. The minimum absolute atomic E-state index is 0.165. The van der Waals surface area contributed by atoms with Gasteiger partial charge in [0.2, 0.25) is 17.7 Å². The second kappa shape index (κ2) is 7.50. The Hall–Kier alpha value is -3.09. The fourth-order valence-corrected chi connectivity index (χ4v) is 4.17. The van der Waals surface area contributed by atoms with Gasteiger partial charge in [-0.1, -0.05) is 18.2 Å². The van der Waals surface area contributed by atoms with Crippen molar-refractivity contribution in [2.45, 2.75) is 44.8 Å². The number of fused-ring (bicyclic) bond motifs is 1. The number of anilines is 1. The average molecular weight is 381 g/mol. The van der Waals surface area contributed by atoms with Crippen molar-refractivity contribution in [1.82, 2.24) is 10.2 Å². The number of carbonyl (C=O) groups is 3. The largest absolute Gasteiger partial charge is 0.467 e. The number of para-hydroxylation sites is 1. The zero-order valence-electron chi connectivity index (χ0n) is 15.8. The van der Waals surface area contributed by atoms with Gasteiger partial charge >= 0.3 is 0 Å². The molecule has 1 unspecified atom stereocenters. The Morgan fingerprint density at radius 3 is 2.71 bits per heavy atom. The maximum Gasteiger partial charge on any atom is 0.246 e. The number of likely N-dealkylation sites (tertiary alicyclic amines) is 1. The van der Waals surface area contributed by atoms with Gasteiger partial charge < -0.3 is 14.6 Å². The van der Waals surface area contributed by atoms with Crippen LogP contribution in [0.15, 0.2) is 47.1 Å². The van der Waals surface area contributed by atoms with Crippen LogP contribution in [0, 0.1) is 0 Å². The molecule has 1 aromatic heterocycles. The van der Waals surface area contributed by atoms with Crippen LogP contribution in [-0.4, -0.2) is 41.2 Å². The molecule has 3 amide bonds. The van der Waals surface area contributed by atoms with Crippen molar-refractivity contribution in [1.29, 1.82) is 0 Å². The van der Waals surface area contributed by atoms with Crippen LogP contribution in [0.5, 0.6) is 0 Å². The van der Waals surface area contributed by atoms with Crippen LogP contribution in [0.4, 0.5) is 5.69 Å². The smallest absolute Gasteiger partial charge is 0.246 e. The molecule has 1 fully saturated rings. The third kappa shape index (κ3) is 3.28. The standard InChI is InChI=1S/C21H23N3O4/c1-14(25)24-17-8-3-2-6-15(17)12-19(24)21(27)23-10-4-9-18(23)20(26)22-13-16-7-5-11-28-16/h2-3,5-8,11,18-19H,4,9-10,12-13H2,1H3,(H,22,26)/t18?,19-/m0/s1. The van der Waals surface area contributed by atoms with Gasteiger partial charge in [-0.2, -0.15) is 0 Å². The van der Waals surface area contributed by atoms with Gasteiger partial charge in [-0.3, -0.25) is 19.3 Å². The number of amides is 3. The van der Waals surface area contributed by atoms with E-state index in [1.54, 1.807) is 28.2 Å². The first kappa shape index (κ1) is 18.3. The first-order valence-electron chi connectivity index (χ1n) is 9.54. The molecule has 0 bridgehead atoms. The first-order valence-corrected chi connectivity index (χ1v) is 9.54. The Kier molecular flexibility index (Phi) is 4.90. The summed E-state index contributed by atoms with van der Waals surface area (Å²) in [6.07, 6.45) is 3.42. The zero-order chi connectivity index (χ0) is 19.7. The molecule has 1 N–H and O–H groups in total. The predicted molar refractivity (Wildman–Crippen MR) is 102 cm³/mol. The van der Waals surface area contributed by atoms with E-state index in [1.165, 1.54) is 6.92 Å².